The lowest BCUT2D eigenvalue weighted by Gasteiger charge is -2.27. The average molecular weight is 335 g/mol. The molecule has 7 heteroatoms. The van der Waals surface area contributed by atoms with Crippen molar-refractivity contribution >= 4 is 29.1 Å². The average Bonchev–Trinajstić information content (AvgIpc) is 2.36. The number of carbonyl (C=O) groups is 1. The number of primary amides is 1. The molecule has 5 nitrogen and oxygen atoms in total. The fraction of sp³-hybridized carbons (Fsp3) is 0.500. The summed E-state index contributed by atoms with van der Waals surface area (Å²) in [6.07, 6.45) is -0.793. The first-order valence-corrected chi connectivity index (χ1v) is 7.34. The van der Waals surface area contributed by atoms with Gasteiger partial charge in [0.2, 0.25) is 5.91 Å². The molecule has 0 saturated heterocycles. The van der Waals surface area contributed by atoms with E-state index in [2.05, 4.69) is 0 Å². The minimum Gasteiger partial charge on any atom is -0.488 e. The van der Waals surface area contributed by atoms with Crippen molar-refractivity contribution < 1.29 is 14.6 Å². The van der Waals surface area contributed by atoms with Crippen molar-refractivity contribution in [2.24, 2.45) is 5.73 Å². The molecule has 1 aromatic carbocycles. The van der Waals surface area contributed by atoms with E-state index in [4.69, 9.17) is 33.7 Å². The summed E-state index contributed by atoms with van der Waals surface area (Å²) in [6.45, 7) is 4.21. The van der Waals surface area contributed by atoms with Gasteiger partial charge in [-0.05, 0) is 26.0 Å². The monoisotopic (exact) mass is 334 g/mol. The van der Waals surface area contributed by atoms with Gasteiger partial charge in [0.1, 0.15) is 12.7 Å². The van der Waals surface area contributed by atoms with Gasteiger partial charge in [-0.15, -0.1) is 0 Å². The van der Waals surface area contributed by atoms with E-state index < -0.39 is 12.0 Å². The molecule has 1 amide bonds. The Bertz CT molecular complexity index is 463. The van der Waals surface area contributed by atoms with Crippen LogP contribution in [0, 0.1) is 0 Å². The number of hydrogen-bond donors (Lipinski definition) is 2. The van der Waals surface area contributed by atoms with Crippen LogP contribution in [0.25, 0.3) is 0 Å². The summed E-state index contributed by atoms with van der Waals surface area (Å²) in [4.78, 5) is 12.8. The number of aliphatic hydroxyl groups is 1. The Morgan fingerprint density at radius 3 is 2.43 bits per heavy atom. The number of nitrogens with zero attached hydrogens (tertiary/aromatic N) is 1. The van der Waals surface area contributed by atoms with Gasteiger partial charge in [0, 0.05) is 12.6 Å². The maximum Gasteiger partial charge on any atom is 0.231 e. The van der Waals surface area contributed by atoms with E-state index in [1.165, 1.54) is 0 Å². The van der Waals surface area contributed by atoms with Crippen LogP contribution in [-0.4, -0.2) is 47.8 Å². The van der Waals surface area contributed by atoms with Crippen molar-refractivity contribution in [1.29, 1.82) is 0 Å². The number of halogens is 2. The topological polar surface area (TPSA) is 75.8 Å². The summed E-state index contributed by atoms with van der Waals surface area (Å²) in [5.74, 6) is -0.100. The summed E-state index contributed by atoms with van der Waals surface area (Å²) in [7, 11) is 0. The van der Waals surface area contributed by atoms with E-state index >= 15 is 0 Å². The van der Waals surface area contributed by atoms with Crippen LogP contribution in [0.5, 0.6) is 5.75 Å². The molecule has 0 fully saturated rings. The summed E-state index contributed by atoms with van der Waals surface area (Å²) < 4.78 is 5.46. The van der Waals surface area contributed by atoms with Gasteiger partial charge in [0.05, 0.1) is 16.6 Å². The van der Waals surface area contributed by atoms with Crippen LogP contribution in [0.3, 0.4) is 0 Å². The third-order valence-electron chi connectivity index (χ3n) is 2.87. The van der Waals surface area contributed by atoms with Gasteiger partial charge in [-0.3, -0.25) is 9.69 Å². The number of aliphatic hydroxyl groups excluding tert-OH is 1. The first-order chi connectivity index (χ1) is 9.81. The van der Waals surface area contributed by atoms with Crippen LogP contribution >= 0.6 is 23.2 Å². The van der Waals surface area contributed by atoms with E-state index in [9.17, 15) is 9.90 Å². The predicted molar refractivity (Wildman–Crippen MR) is 83.9 cm³/mol. The molecule has 0 aliphatic heterocycles. The van der Waals surface area contributed by atoms with Gasteiger partial charge in [-0.1, -0.05) is 29.3 Å². The highest BCUT2D eigenvalue weighted by Gasteiger charge is 2.18. The van der Waals surface area contributed by atoms with E-state index in [1.54, 1.807) is 23.1 Å². The number of hydrogen-bond acceptors (Lipinski definition) is 4. The van der Waals surface area contributed by atoms with Crippen LogP contribution in [-0.2, 0) is 4.79 Å². The summed E-state index contributed by atoms with van der Waals surface area (Å²) in [5, 5.41) is 10.8. The molecule has 0 saturated carbocycles. The van der Waals surface area contributed by atoms with Crippen LogP contribution in [0.1, 0.15) is 13.8 Å². The predicted octanol–water partition coefficient (Wildman–Crippen LogP) is 1.93. The molecular formula is C14H20Cl2N2O3. The highest BCUT2D eigenvalue weighted by molar-refractivity contribution is 6.37. The minimum atomic E-state index is -0.793. The second-order valence-electron chi connectivity index (χ2n) is 5.01. The molecule has 0 bridgehead atoms. The Morgan fingerprint density at radius 1 is 1.38 bits per heavy atom. The lowest BCUT2D eigenvalue weighted by atomic mass is 10.2. The largest absolute Gasteiger partial charge is 0.488 e. The second-order valence-corrected chi connectivity index (χ2v) is 5.82. The van der Waals surface area contributed by atoms with E-state index in [0.29, 0.717) is 15.8 Å². The number of rotatable bonds is 8. The van der Waals surface area contributed by atoms with Crippen molar-refractivity contribution in [2.75, 3.05) is 19.7 Å². The molecule has 3 N–H and O–H groups in total. The molecule has 0 spiro atoms. The van der Waals surface area contributed by atoms with Crippen molar-refractivity contribution in [3.8, 4) is 5.75 Å². The molecule has 21 heavy (non-hydrogen) atoms. The quantitative estimate of drug-likeness (QED) is 0.761. The number of para-hydroxylation sites is 1. The van der Waals surface area contributed by atoms with E-state index in [1.807, 2.05) is 13.8 Å². The van der Waals surface area contributed by atoms with Crippen molar-refractivity contribution in [3.05, 3.63) is 28.2 Å². The number of ether oxygens (including phenoxy) is 1. The van der Waals surface area contributed by atoms with Gasteiger partial charge >= 0.3 is 0 Å². The van der Waals surface area contributed by atoms with E-state index in [0.717, 1.165) is 0 Å². The van der Waals surface area contributed by atoms with Crippen LogP contribution < -0.4 is 10.5 Å². The van der Waals surface area contributed by atoms with Crippen LogP contribution in [0.4, 0.5) is 0 Å². The van der Waals surface area contributed by atoms with Crippen molar-refractivity contribution in [2.45, 2.75) is 26.0 Å². The molecule has 1 atom stereocenters. The normalized spacial score (nSPS) is 12.7. The lowest BCUT2D eigenvalue weighted by molar-refractivity contribution is -0.120. The molecule has 0 aliphatic rings. The Labute approximate surface area is 134 Å². The molecule has 118 valence electrons. The second kappa shape index (κ2) is 8.44. The number of carbonyl (C=O) groups excluding carboxylic acids is 1. The number of amides is 1. The zero-order chi connectivity index (χ0) is 16.0. The molecule has 0 aliphatic carbocycles. The summed E-state index contributed by atoms with van der Waals surface area (Å²) >= 11 is 12.0. The molecule has 1 aromatic rings. The SMILES string of the molecule is CC(C)N(CC(N)=O)CC(O)COc1c(Cl)cccc1Cl. The third-order valence-corrected chi connectivity index (χ3v) is 3.47. The van der Waals surface area contributed by atoms with Gasteiger partial charge in [-0.25, -0.2) is 0 Å². The zero-order valence-corrected chi connectivity index (χ0v) is 13.6. The lowest BCUT2D eigenvalue weighted by Crippen LogP contribution is -2.44. The molecular weight excluding hydrogens is 315 g/mol. The Balaban J connectivity index is 2.56. The fourth-order valence-electron chi connectivity index (χ4n) is 1.78. The first-order valence-electron chi connectivity index (χ1n) is 6.58. The fourth-order valence-corrected chi connectivity index (χ4v) is 2.29. The Hall–Kier alpha value is -1.01. The number of benzene rings is 1. The van der Waals surface area contributed by atoms with Crippen molar-refractivity contribution in [3.63, 3.8) is 0 Å². The highest BCUT2D eigenvalue weighted by Crippen LogP contribution is 2.32. The smallest absolute Gasteiger partial charge is 0.231 e. The molecule has 1 unspecified atom stereocenters. The van der Waals surface area contributed by atoms with Crippen LogP contribution in [0.2, 0.25) is 10.0 Å². The van der Waals surface area contributed by atoms with Gasteiger partial charge in [0.25, 0.3) is 0 Å². The van der Waals surface area contributed by atoms with Gasteiger partial charge < -0.3 is 15.6 Å². The summed E-state index contributed by atoms with van der Waals surface area (Å²) in [5.41, 5.74) is 5.18. The maximum atomic E-state index is 11.0. The summed E-state index contributed by atoms with van der Waals surface area (Å²) in [6, 6.07) is 5.10. The maximum absolute atomic E-state index is 11.0. The number of nitrogens with two attached hydrogens (primary N) is 1. The molecule has 1 rings (SSSR count). The zero-order valence-electron chi connectivity index (χ0n) is 12.1. The highest BCUT2D eigenvalue weighted by atomic mass is 35.5. The Morgan fingerprint density at radius 2 is 1.95 bits per heavy atom. The third kappa shape index (κ3) is 6.09. The van der Waals surface area contributed by atoms with Crippen molar-refractivity contribution in [1.82, 2.24) is 4.90 Å². The molecule has 0 heterocycles. The first kappa shape index (κ1) is 18.0. The minimum absolute atomic E-state index is 0.0193. The standard InChI is InChI=1S/C14H20Cl2N2O3/c1-9(2)18(7-13(17)20)6-10(19)8-21-14-11(15)4-3-5-12(14)16/h3-5,9-10,19H,6-8H2,1-2H3,(H2,17,20). The van der Waals surface area contributed by atoms with E-state index in [-0.39, 0.29) is 25.7 Å². The molecule has 0 radical (unpaired) electrons. The molecule has 0 aromatic heterocycles. The van der Waals surface area contributed by atoms with Gasteiger partial charge in [-0.2, -0.15) is 0 Å². The van der Waals surface area contributed by atoms with Crippen LogP contribution in [0.15, 0.2) is 18.2 Å². The van der Waals surface area contributed by atoms with Gasteiger partial charge in [0.15, 0.2) is 5.75 Å². The Kier molecular flexibility index (Phi) is 7.25.